The fourth-order valence-corrected chi connectivity index (χ4v) is 2.10. The number of furan rings is 1. The maximum atomic E-state index is 5.85. The fourth-order valence-electron chi connectivity index (χ4n) is 2.10. The number of hydrogen-bond acceptors (Lipinski definition) is 4. The summed E-state index contributed by atoms with van der Waals surface area (Å²) < 4.78 is 10.3. The van der Waals surface area contributed by atoms with Gasteiger partial charge in [0.1, 0.15) is 0 Å². The number of nitrogens with zero attached hydrogens (tertiary/aromatic N) is 1. The van der Waals surface area contributed by atoms with E-state index in [1.54, 1.807) is 19.6 Å². The molecule has 4 nitrogen and oxygen atoms in total. The summed E-state index contributed by atoms with van der Waals surface area (Å²) in [6, 6.07) is 2.52. The van der Waals surface area contributed by atoms with Crippen LogP contribution in [0, 0.1) is 0 Å². The molecule has 0 saturated heterocycles. The summed E-state index contributed by atoms with van der Waals surface area (Å²) in [4.78, 5) is 2.33. The Balaban J connectivity index is 2.76. The third-order valence-corrected chi connectivity index (χ3v) is 2.89. The second-order valence-electron chi connectivity index (χ2n) is 3.94. The van der Waals surface area contributed by atoms with Crippen LogP contribution in [0.25, 0.3) is 0 Å². The fraction of sp³-hybridized carbons (Fsp3) is 0.667. The molecule has 0 amide bonds. The molecule has 0 aliphatic heterocycles. The van der Waals surface area contributed by atoms with Crippen LogP contribution in [0.4, 0.5) is 0 Å². The normalized spacial score (nSPS) is 15.3. The van der Waals surface area contributed by atoms with E-state index in [1.165, 1.54) is 0 Å². The molecule has 92 valence electrons. The summed E-state index contributed by atoms with van der Waals surface area (Å²) in [6.07, 6.45) is 3.45. The van der Waals surface area contributed by atoms with Gasteiger partial charge < -0.3 is 14.9 Å². The second-order valence-corrected chi connectivity index (χ2v) is 3.94. The van der Waals surface area contributed by atoms with E-state index in [0.29, 0.717) is 19.2 Å². The molecule has 2 atom stereocenters. The summed E-state index contributed by atoms with van der Waals surface area (Å²) in [5, 5.41) is 0. The summed E-state index contributed by atoms with van der Waals surface area (Å²) in [5.74, 6) is 0. The number of methoxy groups -OCH3 is 1. The van der Waals surface area contributed by atoms with Gasteiger partial charge in [-0.05, 0) is 19.5 Å². The van der Waals surface area contributed by atoms with E-state index in [1.807, 2.05) is 6.07 Å². The molecule has 0 spiro atoms. The molecule has 1 aromatic rings. The zero-order valence-corrected chi connectivity index (χ0v) is 10.3. The molecule has 0 bridgehead atoms. The van der Waals surface area contributed by atoms with Crippen molar-refractivity contribution in [3.63, 3.8) is 0 Å². The molecule has 0 aromatic carbocycles. The van der Waals surface area contributed by atoms with Crippen molar-refractivity contribution < 1.29 is 9.15 Å². The number of hydrogen-bond donors (Lipinski definition) is 1. The third kappa shape index (κ3) is 3.07. The van der Waals surface area contributed by atoms with Gasteiger partial charge >= 0.3 is 0 Å². The number of nitrogens with two attached hydrogens (primary N) is 1. The Labute approximate surface area is 97.4 Å². The predicted molar refractivity (Wildman–Crippen MR) is 64.2 cm³/mol. The van der Waals surface area contributed by atoms with Crippen LogP contribution in [0.1, 0.15) is 25.5 Å². The van der Waals surface area contributed by atoms with Gasteiger partial charge in [0, 0.05) is 25.3 Å². The quantitative estimate of drug-likeness (QED) is 0.768. The Kier molecular flexibility index (Phi) is 5.52. The van der Waals surface area contributed by atoms with Gasteiger partial charge in [-0.2, -0.15) is 0 Å². The third-order valence-electron chi connectivity index (χ3n) is 2.89. The smallest absolute Gasteiger partial charge is 0.0950 e. The highest BCUT2D eigenvalue weighted by atomic mass is 16.5. The Morgan fingerprint density at radius 3 is 2.75 bits per heavy atom. The van der Waals surface area contributed by atoms with Gasteiger partial charge in [0.05, 0.1) is 25.2 Å². The van der Waals surface area contributed by atoms with Gasteiger partial charge in [-0.3, -0.25) is 4.90 Å². The topological polar surface area (TPSA) is 51.6 Å². The van der Waals surface area contributed by atoms with Crippen LogP contribution in [0.15, 0.2) is 23.0 Å². The van der Waals surface area contributed by atoms with Crippen LogP contribution in [0.3, 0.4) is 0 Å². The van der Waals surface area contributed by atoms with Crippen molar-refractivity contribution in [3.05, 3.63) is 24.2 Å². The van der Waals surface area contributed by atoms with E-state index in [4.69, 9.17) is 14.9 Å². The summed E-state index contributed by atoms with van der Waals surface area (Å²) in [6.45, 7) is 6.52. The van der Waals surface area contributed by atoms with E-state index < -0.39 is 0 Å². The van der Waals surface area contributed by atoms with Crippen LogP contribution in [0.5, 0.6) is 0 Å². The number of rotatable bonds is 7. The lowest BCUT2D eigenvalue weighted by Gasteiger charge is -2.34. The van der Waals surface area contributed by atoms with Crippen LogP contribution in [-0.4, -0.2) is 37.7 Å². The maximum absolute atomic E-state index is 5.85. The highest BCUT2D eigenvalue weighted by molar-refractivity contribution is 5.12. The molecule has 1 heterocycles. The van der Waals surface area contributed by atoms with Crippen molar-refractivity contribution in [2.75, 3.05) is 26.8 Å². The van der Waals surface area contributed by atoms with Crippen molar-refractivity contribution >= 4 is 0 Å². The Morgan fingerprint density at radius 2 is 2.31 bits per heavy atom. The number of ether oxygens (including phenoxy) is 1. The van der Waals surface area contributed by atoms with E-state index in [0.717, 1.165) is 12.1 Å². The van der Waals surface area contributed by atoms with E-state index >= 15 is 0 Å². The van der Waals surface area contributed by atoms with Crippen molar-refractivity contribution in [2.24, 2.45) is 5.73 Å². The summed E-state index contributed by atoms with van der Waals surface area (Å²) in [7, 11) is 1.72. The molecule has 1 aromatic heterocycles. The molecule has 0 saturated carbocycles. The minimum absolute atomic E-state index is 0.203. The highest BCUT2D eigenvalue weighted by Crippen LogP contribution is 2.22. The average molecular weight is 226 g/mol. The van der Waals surface area contributed by atoms with Gasteiger partial charge in [-0.15, -0.1) is 0 Å². The maximum Gasteiger partial charge on any atom is 0.0950 e. The Morgan fingerprint density at radius 1 is 1.56 bits per heavy atom. The molecule has 2 N–H and O–H groups in total. The van der Waals surface area contributed by atoms with Crippen molar-refractivity contribution in [1.82, 2.24) is 4.90 Å². The van der Waals surface area contributed by atoms with Crippen molar-refractivity contribution in [2.45, 2.75) is 25.9 Å². The standard InChI is InChI=1S/C12H22N2O2/c1-4-14(10(2)8-15-3)12(7-13)11-5-6-16-9-11/h5-6,9-10,12H,4,7-8,13H2,1-3H3. The molecular formula is C12H22N2O2. The van der Waals surface area contributed by atoms with E-state index in [2.05, 4.69) is 18.7 Å². The van der Waals surface area contributed by atoms with Crippen LogP contribution in [0.2, 0.25) is 0 Å². The summed E-state index contributed by atoms with van der Waals surface area (Å²) >= 11 is 0. The van der Waals surface area contributed by atoms with E-state index in [-0.39, 0.29) is 6.04 Å². The van der Waals surface area contributed by atoms with Gasteiger partial charge in [0.25, 0.3) is 0 Å². The average Bonchev–Trinajstić information content (AvgIpc) is 2.79. The first-order chi connectivity index (χ1) is 7.74. The van der Waals surface area contributed by atoms with Gasteiger partial charge in [0.2, 0.25) is 0 Å². The predicted octanol–water partition coefficient (Wildman–Crippen LogP) is 1.64. The van der Waals surface area contributed by atoms with Crippen LogP contribution >= 0.6 is 0 Å². The first-order valence-corrected chi connectivity index (χ1v) is 5.71. The van der Waals surface area contributed by atoms with E-state index in [9.17, 15) is 0 Å². The second kappa shape index (κ2) is 6.68. The van der Waals surface area contributed by atoms with Crippen LogP contribution in [-0.2, 0) is 4.74 Å². The van der Waals surface area contributed by atoms with Crippen molar-refractivity contribution in [3.8, 4) is 0 Å². The first-order valence-electron chi connectivity index (χ1n) is 5.71. The SMILES string of the molecule is CCN(C(C)COC)C(CN)c1ccoc1. The first kappa shape index (κ1) is 13.2. The molecule has 0 aliphatic rings. The van der Waals surface area contributed by atoms with Gasteiger partial charge in [-0.25, -0.2) is 0 Å². The lowest BCUT2D eigenvalue weighted by Crippen LogP contribution is -2.41. The molecular weight excluding hydrogens is 204 g/mol. The van der Waals surface area contributed by atoms with Crippen LogP contribution < -0.4 is 5.73 Å². The number of likely N-dealkylation sites (N-methyl/N-ethyl adjacent to an activating group) is 1. The molecule has 16 heavy (non-hydrogen) atoms. The van der Waals surface area contributed by atoms with Gasteiger partial charge in [0.15, 0.2) is 0 Å². The molecule has 1 rings (SSSR count). The van der Waals surface area contributed by atoms with Gasteiger partial charge in [-0.1, -0.05) is 6.92 Å². The zero-order valence-electron chi connectivity index (χ0n) is 10.3. The molecule has 0 fully saturated rings. The lowest BCUT2D eigenvalue weighted by molar-refractivity contribution is 0.0749. The molecule has 2 unspecified atom stereocenters. The molecule has 0 aliphatic carbocycles. The Bertz CT molecular complexity index is 275. The Hall–Kier alpha value is -0.840. The minimum atomic E-state index is 0.203. The highest BCUT2D eigenvalue weighted by Gasteiger charge is 2.23. The monoisotopic (exact) mass is 226 g/mol. The summed E-state index contributed by atoms with van der Waals surface area (Å²) in [5.41, 5.74) is 6.98. The zero-order chi connectivity index (χ0) is 12.0. The van der Waals surface area contributed by atoms with Crippen molar-refractivity contribution in [1.29, 1.82) is 0 Å². The minimum Gasteiger partial charge on any atom is -0.472 e. The largest absolute Gasteiger partial charge is 0.472 e. The molecule has 0 radical (unpaired) electrons. The lowest BCUT2D eigenvalue weighted by atomic mass is 10.1. The molecule has 4 heteroatoms.